The van der Waals surface area contributed by atoms with E-state index in [0.29, 0.717) is 6.04 Å². The van der Waals surface area contributed by atoms with E-state index >= 15 is 0 Å². The Bertz CT molecular complexity index is 182. The van der Waals surface area contributed by atoms with Crippen molar-refractivity contribution < 1.29 is 5.11 Å². The molecule has 0 spiro atoms. The van der Waals surface area contributed by atoms with Crippen molar-refractivity contribution in [2.24, 2.45) is 0 Å². The predicted octanol–water partition coefficient (Wildman–Crippen LogP) is 1.22. The zero-order valence-corrected chi connectivity index (χ0v) is 10.4. The smallest absolute Gasteiger partial charge is 0.0610 e. The summed E-state index contributed by atoms with van der Waals surface area (Å²) in [5, 5.41) is 12.9. The van der Waals surface area contributed by atoms with Crippen LogP contribution in [0.4, 0.5) is 0 Å². The van der Waals surface area contributed by atoms with Gasteiger partial charge in [-0.1, -0.05) is 6.92 Å². The van der Waals surface area contributed by atoms with Crippen LogP contribution < -0.4 is 5.32 Å². The number of aliphatic hydroxyl groups is 1. The Morgan fingerprint density at radius 1 is 1.47 bits per heavy atom. The average Bonchev–Trinajstić information content (AvgIpc) is 3.01. The fraction of sp³-hybridized carbons (Fsp3) is 1.00. The van der Waals surface area contributed by atoms with Crippen molar-refractivity contribution >= 4 is 0 Å². The second-order valence-electron chi connectivity index (χ2n) is 5.14. The van der Waals surface area contributed by atoms with Crippen LogP contribution in [0.3, 0.4) is 0 Å². The molecule has 3 nitrogen and oxygen atoms in total. The first-order valence-corrected chi connectivity index (χ1v) is 6.17. The van der Waals surface area contributed by atoms with Gasteiger partial charge in [-0.3, -0.25) is 0 Å². The molecule has 0 aromatic carbocycles. The van der Waals surface area contributed by atoms with Gasteiger partial charge in [-0.25, -0.2) is 0 Å². The number of aliphatic hydroxyl groups excluding tert-OH is 1. The highest BCUT2D eigenvalue weighted by Crippen LogP contribution is 2.24. The zero-order valence-electron chi connectivity index (χ0n) is 10.4. The normalized spacial score (nSPS) is 20.6. The topological polar surface area (TPSA) is 35.5 Å². The van der Waals surface area contributed by atoms with Gasteiger partial charge in [0.05, 0.1) is 6.61 Å². The van der Waals surface area contributed by atoms with Crippen molar-refractivity contribution in [3.8, 4) is 0 Å². The zero-order chi connectivity index (χ0) is 11.3. The predicted molar refractivity (Wildman–Crippen MR) is 64.1 cm³/mol. The van der Waals surface area contributed by atoms with Crippen LogP contribution in [0.25, 0.3) is 0 Å². The van der Waals surface area contributed by atoms with Crippen molar-refractivity contribution in [3.63, 3.8) is 0 Å². The third-order valence-electron chi connectivity index (χ3n) is 3.29. The monoisotopic (exact) mass is 214 g/mol. The van der Waals surface area contributed by atoms with Crippen LogP contribution in [-0.4, -0.2) is 48.3 Å². The number of rotatable bonds is 8. The van der Waals surface area contributed by atoms with Gasteiger partial charge in [0.15, 0.2) is 0 Å². The molecule has 0 aliphatic heterocycles. The van der Waals surface area contributed by atoms with Crippen molar-refractivity contribution in [1.82, 2.24) is 10.2 Å². The molecular weight excluding hydrogens is 188 g/mol. The lowest BCUT2D eigenvalue weighted by Crippen LogP contribution is -2.47. The number of hydrogen-bond donors (Lipinski definition) is 2. The molecule has 0 aromatic heterocycles. The Morgan fingerprint density at radius 2 is 2.13 bits per heavy atom. The highest BCUT2D eigenvalue weighted by molar-refractivity contribution is 4.92. The summed E-state index contributed by atoms with van der Waals surface area (Å²) in [4.78, 5) is 2.31. The molecule has 0 saturated heterocycles. The molecule has 3 heteroatoms. The van der Waals surface area contributed by atoms with Crippen LogP contribution in [0.5, 0.6) is 0 Å². The quantitative estimate of drug-likeness (QED) is 0.638. The maximum Gasteiger partial charge on any atom is 0.0610 e. The van der Waals surface area contributed by atoms with Crippen LogP contribution in [0, 0.1) is 0 Å². The molecule has 1 rings (SSSR count). The first-order valence-electron chi connectivity index (χ1n) is 6.17. The highest BCUT2D eigenvalue weighted by Gasteiger charge is 2.31. The Labute approximate surface area is 93.9 Å². The standard InChI is InChI=1S/C12H26N2O/c1-4-14(3)9-5-8-12(2,10-15)13-11-6-7-11/h11,13,15H,4-10H2,1-3H3. The Hall–Kier alpha value is -0.120. The second kappa shape index (κ2) is 5.83. The van der Waals surface area contributed by atoms with E-state index in [9.17, 15) is 5.11 Å². The molecule has 1 atom stereocenters. The van der Waals surface area contributed by atoms with E-state index in [2.05, 4.69) is 31.1 Å². The number of hydrogen-bond acceptors (Lipinski definition) is 3. The minimum atomic E-state index is -0.0598. The van der Waals surface area contributed by atoms with Crippen LogP contribution in [-0.2, 0) is 0 Å². The third-order valence-corrected chi connectivity index (χ3v) is 3.29. The molecule has 2 N–H and O–H groups in total. The molecule has 1 unspecified atom stereocenters. The summed E-state index contributed by atoms with van der Waals surface area (Å²) in [7, 11) is 2.14. The van der Waals surface area contributed by atoms with Crippen LogP contribution >= 0.6 is 0 Å². The maximum absolute atomic E-state index is 9.41. The van der Waals surface area contributed by atoms with Crippen LogP contribution in [0.15, 0.2) is 0 Å². The van der Waals surface area contributed by atoms with Gasteiger partial charge >= 0.3 is 0 Å². The Balaban J connectivity index is 2.19. The summed E-state index contributed by atoms with van der Waals surface area (Å²) in [6.07, 6.45) is 4.78. The van der Waals surface area contributed by atoms with E-state index in [1.165, 1.54) is 12.8 Å². The molecule has 0 bridgehead atoms. The second-order valence-corrected chi connectivity index (χ2v) is 5.14. The summed E-state index contributed by atoms with van der Waals surface area (Å²) in [5.41, 5.74) is -0.0598. The molecular formula is C12H26N2O. The lowest BCUT2D eigenvalue weighted by atomic mass is 9.96. The largest absolute Gasteiger partial charge is 0.394 e. The number of nitrogens with zero attached hydrogens (tertiary/aromatic N) is 1. The SMILES string of the molecule is CCN(C)CCCC(C)(CO)NC1CC1. The minimum absolute atomic E-state index is 0.0598. The van der Waals surface area contributed by atoms with Gasteiger partial charge in [0.2, 0.25) is 0 Å². The van der Waals surface area contributed by atoms with E-state index < -0.39 is 0 Å². The van der Waals surface area contributed by atoms with E-state index in [1.54, 1.807) is 0 Å². The van der Waals surface area contributed by atoms with Gasteiger partial charge in [0.1, 0.15) is 0 Å². The van der Waals surface area contributed by atoms with Crippen molar-refractivity contribution in [3.05, 3.63) is 0 Å². The molecule has 1 aliphatic rings. The summed E-state index contributed by atoms with van der Waals surface area (Å²) in [6, 6.07) is 0.672. The van der Waals surface area contributed by atoms with Gasteiger partial charge in [0, 0.05) is 11.6 Å². The van der Waals surface area contributed by atoms with Gasteiger partial charge in [-0.2, -0.15) is 0 Å². The molecule has 1 fully saturated rings. The fourth-order valence-electron chi connectivity index (χ4n) is 1.81. The molecule has 0 amide bonds. The van der Waals surface area contributed by atoms with E-state index in [4.69, 9.17) is 0 Å². The Morgan fingerprint density at radius 3 is 2.60 bits per heavy atom. The molecule has 90 valence electrons. The lowest BCUT2D eigenvalue weighted by Gasteiger charge is -2.29. The third kappa shape index (κ3) is 4.96. The van der Waals surface area contributed by atoms with E-state index in [-0.39, 0.29) is 12.1 Å². The van der Waals surface area contributed by atoms with Crippen molar-refractivity contribution in [1.29, 1.82) is 0 Å². The highest BCUT2D eigenvalue weighted by atomic mass is 16.3. The molecule has 0 radical (unpaired) electrons. The van der Waals surface area contributed by atoms with Crippen molar-refractivity contribution in [2.75, 3.05) is 26.7 Å². The van der Waals surface area contributed by atoms with Gasteiger partial charge in [0.25, 0.3) is 0 Å². The summed E-state index contributed by atoms with van der Waals surface area (Å²) in [5.74, 6) is 0. The Kier molecular flexibility index (Phi) is 5.03. The van der Waals surface area contributed by atoms with Gasteiger partial charge < -0.3 is 15.3 Å². The molecule has 1 aliphatic carbocycles. The maximum atomic E-state index is 9.41. The van der Waals surface area contributed by atoms with E-state index in [0.717, 1.165) is 25.9 Å². The first-order chi connectivity index (χ1) is 7.09. The van der Waals surface area contributed by atoms with Gasteiger partial charge in [-0.15, -0.1) is 0 Å². The number of nitrogens with one attached hydrogen (secondary N) is 1. The summed E-state index contributed by atoms with van der Waals surface area (Å²) < 4.78 is 0. The minimum Gasteiger partial charge on any atom is -0.394 e. The lowest BCUT2D eigenvalue weighted by molar-refractivity contribution is 0.157. The van der Waals surface area contributed by atoms with Gasteiger partial charge in [-0.05, 0) is 52.7 Å². The van der Waals surface area contributed by atoms with Crippen molar-refractivity contribution in [2.45, 2.75) is 51.1 Å². The summed E-state index contributed by atoms with van der Waals surface area (Å²) >= 11 is 0. The summed E-state index contributed by atoms with van der Waals surface area (Å²) in [6.45, 7) is 6.79. The van der Waals surface area contributed by atoms with Crippen LogP contribution in [0.2, 0.25) is 0 Å². The van der Waals surface area contributed by atoms with E-state index in [1.807, 2.05) is 0 Å². The average molecular weight is 214 g/mol. The molecule has 0 aromatic rings. The first kappa shape index (κ1) is 12.9. The fourth-order valence-corrected chi connectivity index (χ4v) is 1.81. The van der Waals surface area contributed by atoms with Crippen LogP contribution in [0.1, 0.15) is 39.5 Å². The molecule has 1 saturated carbocycles. The molecule has 0 heterocycles. The molecule has 15 heavy (non-hydrogen) atoms.